The molecule has 1 aliphatic carbocycles. The van der Waals surface area contributed by atoms with Crippen LogP contribution in [-0.4, -0.2) is 31.0 Å². The number of benzene rings is 1. The second kappa shape index (κ2) is 6.96. The standard InChI is InChI=1S/C18H25N3O2/c1-18(2,3)23-17(22)21-16-9-15(16)13-7-5-12(6-8-13)14(10-19)11-20-4/h5-8,10-11,15-16,19-20H,9H2,1-4H3,(H,21,22)/p+1. The first-order chi connectivity index (χ1) is 10.8. The second-order valence-corrected chi connectivity index (χ2v) is 6.82. The summed E-state index contributed by atoms with van der Waals surface area (Å²) in [6, 6.07) is 8.35. The lowest BCUT2D eigenvalue weighted by Gasteiger charge is -2.19. The van der Waals surface area contributed by atoms with Gasteiger partial charge in [0.25, 0.3) is 0 Å². The largest absolute Gasteiger partial charge is 0.444 e. The van der Waals surface area contributed by atoms with Crippen molar-refractivity contribution < 1.29 is 14.8 Å². The summed E-state index contributed by atoms with van der Waals surface area (Å²) in [4.78, 5) is 11.8. The Morgan fingerprint density at radius 1 is 1.35 bits per heavy atom. The number of nitrogens with two attached hydrogens (primary N) is 1. The van der Waals surface area contributed by atoms with Crippen molar-refractivity contribution in [3.8, 4) is 0 Å². The van der Waals surface area contributed by atoms with Gasteiger partial charge in [-0.1, -0.05) is 24.3 Å². The Morgan fingerprint density at radius 2 is 2.00 bits per heavy atom. The van der Waals surface area contributed by atoms with Gasteiger partial charge >= 0.3 is 6.09 Å². The molecule has 1 fully saturated rings. The first-order valence-corrected chi connectivity index (χ1v) is 7.94. The number of carbonyl (C=O) groups is 1. The van der Waals surface area contributed by atoms with E-state index in [1.807, 2.05) is 51.5 Å². The van der Waals surface area contributed by atoms with Gasteiger partial charge in [-0.25, -0.2) is 4.79 Å². The van der Waals surface area contributed by atoms with Gasteiger partial charge in [0.2, 0.25) is 0 Å². The number of hydrogen-bond donors (Lipinski definition) is 3. The second-order valence-electron chi connectivity index (χ2n) is 6.82. The first-order valence-electron chi connectivity index (χ1n) is 7.94. The topological polar surface area (TPSA) is 78.8 Å². The average Bonchev–Trinajstić information content (AvgIpc) is 3.22. The van der Waals surface area contributed by atoms with Crippen LogP contribution in [0.4, 0.5) is 4.79 Å². The van der Waals surface area contributed by atoms with Gasteiger partial charge < -0.3 is 20.8 Å². The summed E-state index contributed by atoms with van der Waals surface area (Å²) in [6.07, 6.45) is 3.87. The predicted octanol–water partition coefficient (Wildman–Crippen LogP) is 2.25. The Balaban J connectivity index is 1.94. The highest BCUT2D eigenvalue weighted by atomic mass is 16.6. The summed E-state index contributed by atoms with van der Waals surface area (Å²) >= 11 is 0. The normalized spacial score (nSPS) is 20.8. The van der Waals surface area contributed by atoms with Crippen LogP contribution in [-0.2, 0) is 4.74 Å². The van der Waals surface area contributed by atoms with Crippen LogP contribution in [0.1, 0.15) is 44.2 Å². The quantitative estimate of drug-likeness (QED) is 0.729. The average molecular weight is 316 g/mol. The van der Waals surface area contributed by atoms with Crippen molar-refractivity contribution >= 4 is 17.9 Å². The molecule has 0 spiro atoms. The lowest BCUT2D eigenvalue weighted by atomic mass is 10.0. The fourth-order valence-electron chi connectivity index (χ4n) is 2.51. The number of carbonyl (C=O) groups excluding carboxylic acids is 1. The Morgan fingerprint density at radius 3 is 2.52 bits per heavy atom. The molecule has 5 nitrogen and oxygen atoms in total. The van der Waals surface area contributed by atoms with Crippen LogP contribution in [0.25, 0.3) is 5.57 Å². The molecule has 1 aromatic rings. The number of allylic oxidation sites excluding steroid dienone is 1. The monoisotopic (exact) mass is 316 g/mol. The van der Waals surface area contributed by atoms with Crippen molar-refractivity contribution in [3.05, 3.63) is 41.6 Å². The highest BCUT2D eigenvalue weighted by Crippen LogP contribution is 2.41. The van der Waals surface area contributed by atoms with Crippen molar-refractivity contribution in [2.45, 2.75) is 44.8 Å². The third-order valence-corrected chi connectivity index (χ3v) is 3.67. The van der Waals surface area contributed by atoms with Gasteiger partial charge in [0.05, 0.1) is 12.6 Å². The van der Waals surface area contributed by atoms with Gasteiger partial charge in [-0.05, 0) is 38.3 Å². The van der Waals surface area contributed by atoms with Crippen LogP contribution < -0.4 is 10.6 Å². The van der Waals surface area contributed by atoms with E-state index >= 15 is 0 Å². The van der Waals surface area contributed by atoms with Gasteiger partial charge in [-0.3, -0.25) is 0 Å². The molecule has 1 amide bonds. The summed E-state index contributed by atoms with van der Waals surface area (Å²) in [5.41, 5.74) is 2.65. The van der Waals surface area contributed by atoms with Crippen molar-refractivity contribution in [1.29, 1.82) is 5.41 Å². The van der Waals surface area contributed by atoms with Crippen LogP contribution >= 0.6 is 0 Å². The van der Waals surface area contributed by atoms with E-state index in [2.05, 4.69) is 17.4 Å². The van der Waals surface area contributed by atoms with Crippen LogP contribution in [0.2, 0.25) is 0 Å². The molecular formula is C18H26N3O2+. The lowest BCUT2D eigenvalue weighted by molar-refractivity contribution is -0.555. The SMILES string of the molecule is C[NH2+]C=C(C=N)c1ccc(C2CC2NC(=O)OC(C)(C)C)cc1. The molecule has 0 aromatic heterocycles. The Bertz CT molecular complexity index is 600. The molecule has 4 N–H and O–H groups in total. The van der Waals surface area contributed by atoms with Gasteiger partial charge in [-0.15, -0.1) is 0 Å². The maximum absolute atomic E-state index is 11.8. The maximum Gasteiger partial charge on any atom is 0.407 e. The van der Waals surface area contributed by atoms with E-state index in [1.54, 1.807) is 0 Å². The fourth-order valence-corrected chi connectivity index (χ4v) is 2.51. The number of hydrogen-bond acceptors (Lipinski definition) is 3. The summed E-state index contributed by atoms with van der Waals surface area (Å²) in [6.45, 7) is 5.58. The van der Waals surface area contributed by atoms with Crippen LogP contribution in [0.3, 0.4) is 0 Å². The summed E-state index contributed by atoms with van der Waals surface area (Å²) in [7, 11) is 1.94. The highest BCUT2D eigenvalue weighted by molar-refractivity contribution is 6.07. The zero-order valence-corrected chi connectivity index (χ0v) is 14.2. The Hall–Kier alpha value is -2.14. The van der Waals surface area contributed by atoms with Gasteiger partial charge in [0.15, 0.2) is 0 Å². The van der Waals surface area contributed by atoms with E-state index in [-0.39, 0.29) is 12.1 Å². The summed E-state index contributed by atoms with van der Waals surface area (Å²) in [5, 5.41) is 12.3. The molecule has 1 saturated carbocycles. The number of alkyl carbamates (subject to hydrolysis) is 1. The molecule has 1 aromatic carbocycles. The number of nitrogens with one attached hydrogen (secondary N) is 2. The molecule has 0 bridgehead atoms. The Labute approximate surface area is 137 Å². The molecule has 5 heteroatoms. The summed E-state index contributed by atoms with van der Waals surface area (Å²) in [5.74, 6) is 0.349. The maximum atomic E-state index is 11.8. The third kappa shape index (κ3) is 4.93. The minimum absolute atomic E-state index is 0.150. The van der Waals surface area contributed by atoms with Gasteiger partial charge in [0, 0.05) is 18.2 Å². The molecular weight excluding hydrogens is 290 g/mol. The van der Waals surface area contributed by atoms with Gasteiger partial charge in [0.1, 0.15) is 11.8 Å². The van der Waals surface area contributed by atoms with E-state index in [9.17, 15) is 4.79 Å². The van der Waals surface area contributed by atoms with Crippen molar-refractivity contribution in [2.75, 3.05) is 7.05 Å². The zero-order chi connectivity index (χ0) is 17.0. The lowest BCUT2D eigenvalue weighted by Crippen LogP contribution is -2.72. The Kier molecular flexibility index (Phi) is 5.21. The number of amides is 1. The molecule has 0 radical (unpaired) electrons. The molecule has 2 rings (SSSR count). The molecule has 2 unspecified atom stereocenters. The molecule has 1 aliphatic rings. The van der Waals surface area contributed by atoms with Crippen molar-refractivity contribution in [3.63, 3.8) is 0 Å². The summed E-state index contributed by atoms with van der Waals surface area (Å²) < 4.78 is 5.28. The van der Waals surface area contributed by atoms with E-state index in [0.29, 0.717) is 5.92 Å². The number of ether oxygens (including phenoxy) is 1. The van der Waals surface area contributed by atoms with E-state index in [0.717, 1.165) is 17.6 Å². The fraction of sp³-hybridized carbons (Fsp3) is 0.444. The number of quaternary nitrogens is 1. The minimum Gasteiger partial charge on any atom is -0.444 e. The minimum atomic E-state index is -0.470. The first kappa shape index (κ1) is 17.2. The molecule has 23 heavy (non-hydrogen) atoms. The molecule has 0 aliphatic heterocycles. The van der Waals surface area contributed by atoms with Gasteiger partial charge in [-0.2, -0.15) is 0 Å². The van der Waals surface area contributed by atoms with Crippen LogP contribution in [0.15, 0.2) is 30.5 Å². The zero-order valence-electron chi connectivity index (χ0n) is 14.2. The van der Waals surface area contributed by atoms with E-state index < -0.39 is 5.60 Å². The van der Waals surface area contributed by atoms with Crippen molar-refractivity contribution in [2.24, 2.45) is 0 Å². The van der Waals surface area contributed by atoms with Crippen molar-refractivity contribution in [1.82, 2.24) is 5.32 Å². The smallest absolute Gasteiger partial charge is 0.407 e. The predicted molar refractivity (Wildman–Crippen MR) is 91.6 cm³/mol. The van der Waals surface area contributed by atoms with E-state index in [4.69, 9.17) is 10.1 Å². The number of rotatable bonds is 5. The molecule has 2 atom stereocenters. The van der Waals surface area contributed by atoms with E-state index in [1.165, 1.54) is 11.8 Å². The molecule has 0 heterocycles. The molecule has 0 saturated heterocycles. The van der Waals surface area contributed by atoms with Crippen LogP contribution in [0, 0.1) is 5.41 Å². The van der Waals surface area contributed by atoms with Crippen LogP contribution in [0.5, 0.6) is 0 Å². The molecule has 124 valence electrons. The highest BCUT2D eigenvalue weighted by Gasteiger charge is 2.40. The third-order valence-electron chi connectivity index (χ3n) is 3.67.